The average Bonchev–Trinajstić information content (AvgIpc) is 2.55. The first-order chi connectivity index (χ1) is 10.9. The summed E-state index contributed by atoms with van der Waals surface area (Å²) in [6, 6.07) is 14.5. The molecule has 1 fully saturated rings. The zero-order valence-corrected chi connectivity index (χ0v) is 14.1. The summed E-state index contributed by atoms with van der Waals surface area (Å²) in [6.45, 7) is 3.42. The second-order valence-corrected chi connectivity index (χ2v) is 7.43. The Balaban J connectivity index is 1.68. The van der Waals surface area contributed by atoms with Crippen molar-refractivity contribution in [2.45, 2.75) is 4.90 Å². The number of piperazine rings is 1. The van der Waals surface area contributed by atoms with E-state index in [0.29, 0.717) is 0 Å². The van der Waals surface area contributed by atoms with Crippen molar-refractivity contribution in [3.05, 3.63) is 53.6 Å². The Bertz CT molecular complexity index is 785. The highest BCUT2D eigenvalue weighted by atomic mass is 35.5. The fraction of sp³-hybridized carbons (Fsp3) is 0.250. The molecule has 0 unspecified atom stereocenters. The first-order valence-corrected chi connectivity index (χ1v) is 9.25. The Hall–Kier alpha value is -1.76. The molecule has 2 aromatic carbocycles. The summed E-state index contributed by atoms with van der Waals surface area (Å²) < 4.78 is 22.6. The minimum absolute atomic E-state index is 0.135. The number of hydrogen-bond donors (Lipinski definition) is 1. The topological polar surface area (TPSA) is 66.6 Å². The number of primary sulfonamides is 1. The molecule has 23 heavy (non-hydrogen) atoms. The van der Waals surface area contributed by atoms with E-state index in [9.17, 15) is 8.42 Å². The molecule has 1 heterocycles. The van der Waals surface area contributed by atoms with Gasteiger partial charge in [0, 0.05) is 31.9 Å². The van der Waals surface area contributed by atoms with E-state index in [2.05, 4.69) is 9.80 Å². The lowest BCUT2D eigenvalue weighted by atomic mass is 10.2. The minimum Gasteiger partial charge on any atom is -0.368 e. The first-order valence-electron chi connectivity index (χ1n) is 7.32. The van der Waals surface area contributed by atoms with E-state index in [1.807, 2.05) is 24.3 Å². The predicted octanol–water partition coefficient (Wildman–Crippen LogP) is 2.31. The fourth-order valence-corrected chi connectivity index (χ4v) is 3.53. The second-order valence-electron chi connectivity index (χ2n) is 5.46. The third kappa shape index (κ3) is 3.60. The maximum atomic E-state index is 11.3. The monoisotopic (exact) mass is 351 g/mol. The van der Waals surface area contributed by atoms with E-state index >= 15 is 0 Å². The zero-order chi connectivity index (χ0) is 16.4. The number of para-hydroxylation sites is 1. The summed E-state index contributed by atoms with van der Waals surface area (Å²) in [5.41, 5.74) is 2.05. The van der Waals surface area contributed by atoms with Gasteiger partial charge in [0.25, 0.3) is 0 Å². The van der Waals surface area contributed by atoms with Gasteiger partial charge in [-0.25, -0.2) is 13.6 Å². The van der Waals surface area contributed by atoms with Crippen LogP contribution in [0.1, 0.15) is 0 Å². The van der Waals surface area contributed by atoms with Crippen LogP contribution in [0.2, 0.25) is 5.02 Å². The van der Waals surface area contributed by atoms with Gasteiger partial charge in [-0.15, -0.1) is 0 Å². The summed E-state index contributed by atoms with van der Waals surface area (Å²) in [5, 5.41) is 5.88. The van der Waals surface area contributed by atoms with Crippen LogP contribution in [0.5, 0.6) is 0 Å². The summed E-state index contributed by atoms with van der Waals surface area (Å²) in [7, 11) is -3.64. The van der Waals surface area contributed by atoms with Crippen molar-refractivity contribution in [2.24, 2.45) is 5.14 Å². The molecule has 122 valence electrons. The van der Waals surface area contributed by atoms with E-state index < -0.39 is 10.0 Å². The summed E-state index contributed by atoms with van der Waals surface area (Å²) >= 11 is 6.25. The van der Waals surface area contributed by atoms with Gasteiger partial charge in [0.15, 0.2) is 0 Å². The molecule has 0 aromatic heterocycles. The lowest BCUT2D eigenvalue weighted by Crippen LogP contribution is -2.46. The molecule has 2 aromatic rings. The number of halogens is 1. The summed E-state index contributed by atoms with van der Waals surface area (Å²) in [5.74, 6) is 0. The van der Waals surface area contributed by atoms with Crippen molar-refractivity contribution in [2.75, 3.05) is 36.0 Å². The van der Waals surface area contributed by atoms with Crippen LogP contribution in [-0.2, 0) is 10.0 Å². The van der Waals surface area contributed by atoms with E-state index in [1.54, 1.807) is 24.3 Å². The maximum absolute atomic E-state index is 11.3. The largest absolute Gasteiger partial charge is 0.368 e. The van der Waals surface area contributed by atoms with Gasteiger partial charge >= 0.3 is 0 Å². The zero-order valence-electron chi connectivity index (χ0n) is 12.5. The number of hydrogen-bond acceptors (Lipinski definition) is 4. The molecule has 1 aliphatic rings. The van der Waals surface area contributed by atoms with E-state index in [-0.39, 0.29) is 4.90 Å². The van der Waals surface area contributed by atoms with Crippen LogP contribution in [0.15, 0.2) is 53.4 Å². The normalized spacial score (nSPS) is 15.7. The SMILES string of the molecule is NS(=O)(=O)c1ccc(N2CCN(c3ccccc3Cl)CC2)cc1. The molecular formula is C16H18ClN3O2S. The number of nitrogens with zero attached hydrogens (tertiary/aromatic N) is 2. The highest BCUT2D eigenvalue weighted by molar-refractivity contribution is 7.89. The molecule has 0 amide bonds. The smallest absolute Gasteiger partial charge is 0.238 e. The van der Waals surface area contributed by atoms with Crippen LogP contribution < -0.4 is 14.9 Å². The fourth-order valence-electron chi connectivity index (χ4n) is 2.76. The van der Waals surface area contributed by atoms with Crippen LogP contribution >= 0.6 is 11.6 Å². The Morgan fingerprint density at radius 1 is 0.870 bits per heavy atom. The van der Waals surface area contributed by atoms with Gasteiger partial charge in [-0.3, -0.25) is 0 Å². The van der Waals surface area contributed by atoms with Gasteiger partial charge in [-0.05, 0) is 36.4 Å². The number of rotatable bonds is 3. The van der Waals surface area contributed by atoms with E-state index in [4.69, 9.17) is 16.7 Å². The van der Waals surface area contributed by atoms with Crippen LogP contribution in [0.4, 0.5) is 11.4 Å². The van der Waals surface area contributed by atoms with Crippen LogP contribution in [-0.4, -0.2) is 34.6 Å². The van der Waals surface area contributed by atoms with Gasteiger partial charge in [0.05, 0.1) is 15.6 Å². The van der Waals surface area contributed by atoms with Crippen molar-refractivity contribution in [3.63, 3.8) is 0 Å². The molecule has 7 heteroatoms. The molecule has 0 spiro atoms. The number of benzene rings is 2. The lowest BCUT2D eigenvalue weighted by molar-refractivity contribution is 0.597. The third-order valence-electron chi connectivity index (χ3n) is 4.00. The number of anilines is 2. The Morgan fingerprint density at radius 3 is 2.00 bits per heavy atom. The molecule has 0 aliphatic carbocycles. The Kier molecular flexibility index (Phi) is 4.48. The maximum Gasteiger partial charge on any atom is 0.238 e. The molecular weight excluding hydrogens is 334 g/mol. The van der Waals surface area contributed by atoms with Gasteiger partial charge in [0.1, 0.15) is 0 Å². The standard InChI is InChI=1S/C16H18ClN3O2S/c17-15-3-1-2-4-16(15)20-11-9-19(10-12-20)13-5-7-14(8-6-13)23(18,21)22/h1-8H,9-12H2,(H2,18,21,22). The summed E-state index contributed by atoms with van der Waals surface area (Å²) in [4.78, 5) is 4.62. The van der Waals surface area contributed by atoms with Crippen molar-refractivity contribution < 1.29 is 8.42 Å². The molecule has 1 aliphatic heterocycles. The quantitative estimate of drug-likeness (QED) is 0.921. The lowest BCUT2D eigenvalue weighted by Gasteiger charge is -2.37. The van der Waals surface area contributed by atoms with Crippen molar-refractivity contribution in [3.8, 4) is 0 Å². The van der Waals surface area contributed by atoms with Crippen LogP contribution in [0.3, 0.4) is 0 Å². The highest BCUT2D eigenvalue weighted by Gasteiger charge is 2.19. The summed E-state index contributed by atoms with van der Waals surface area (Å²) in [6.07, 6.45) is 0. The molecule has 0 atom stereocenters. The van der Waals surface area contributed by atoms with Gasteiger partial charge < -0.3 is 9.80 Å². The van der Waals surface area contributed by atoms with Crippen molar-refractivity contribution in [1.29, 1.82) is 0 Å². The minimum atomic E-state index is -3.64. The van der Waals surface area contributed by atoms with Crippen LogP contribution in [0, 0.1) is 0 Å². The number of nitrogens with two attached hydrogens (primary N) is 1. The average molecular weight is 352 g/mol. The van der Waals surface area contributed by atoms with Gasteiger partial charge in [-0.1, -0.05) is 23.7 Å². The predicted molar refractivity (Wildman–Crippen MR) is 93.7 cm³/mol. The van der Waals surface area contributed by atoms with Crippen molar-refractivity contribution in [1.82, 2.24) is 0 Å². The van der Waals surface area contributed by atoms with Crippen LogP contribution in [0.25, 0.3) is 0 Å². The van der Waals surface area contributed by atoms with Gasteiger partial charge in [0.2, 0.25) is 10.0 Å². The first kappa shape index (κ1) is 16.1. The molecule has 3 rings (SSSR count). The third-order valence-corrected chi connectivity index (χ3v) is 5.25. The highest BCUT2D eigenvalue weighted by Crippen LogP contribution is 2.27. The second kappa shape index (κ2) is 6.39. The van der Waals surface area contributed by atoms with E-state index in [1.165, 1.54) is 0 Å². The molecule has 1 saturated heterocycles. The molecule has 5 nitrogen and oxygen atoms in total. The Labute approximate surface area is 141 Å². The molecule has 0 saturated carbocycles. The number of sulfonamides is 1. The van der Waals surface area contributed by atoms with Gasteiger partial charge in [-0.2, -0.15) is 0 Å². The molecule has 0 radical (unpaired) electrons. The molecule has 0 bridgehead atoms. The Morgan fingerprint density at radius 2 is 1.43 bits per heavy atom. The van der Waals surface area contributed by atoms with Crippen molar-refractivity contribution >= 4 is 33.0 Å². The molecule has 2 N–H and O–H groups in total. The van der Waals surface area contributed by atoms with E-state index in [0.717, 1.165) is 42.6 Å².